The van der Waals surface area contributed by atoms with Crippen LogP contribution in [0.4, 0.5) is 5.69 Å². The number of hydrogen-bond donors (Lipinski definition) is 3. The number of nitrogens with zero attached hydrogens (tertiary/aromatic N) is 1. The second kappa shape index (κ2) is 8.53. The summed E-state index contributed by atoms with van der Waals surface area (Å²) in [5, 5.41) is 24.2. The number of amides is 2. The molecule has 0 aliphatic carbocycles. The van der Waals surface area contributed by atoms with Gasteiger partial charge in [-0.15, -0.1) is 0 Å². The van der Waals surface area contributed by atoms with Gasteiger partial charge >= 0.3 is 0 Å². The molecule has 0 saturated carbocycles. The van der Waals surface area contributed by atoms with Crippen molar-refractivity contribution in [3.8, 4) is 0 Å². The van der Waals surface area contributed by atoms with E-state index in [-0.39, 0.29) is 24.5 Å². The molecular weight excluding hydrogens is 290 g/mol. The maximum Gasteiger partial charge on any atom is 0.269 e. The summed E-state index contributed by atoms with van der Waals surface area (Å²) in [7, 11) is 0. The van der Waals surface area contributed by atoms with E-state index in [1.54, 1.807) is 0 Å². The second-order valence-electron chi connectivity index (χ2n) is 4.42. The fraction of sp³-hybridized carbons (Fsp3) is 0.286. The van der Waals surface area contributed by atoms with Crippen LogP contribution in [-0.4, -0.2) is 35.0 Å². The molecule has 8 heteroatoms. The van der Waals surface area contributed by atoms with Gasteiger partial charge in [0.2, 0.25) is 5.91 Å². The molecule has 0 saturated heterocycles. The van der Waals surface area contributed by atoms with Gasteiger partial charge in [0.05, 0.1) is 4.92 Å². The smallest absolute Gasteiger partial charge is 0.269 e. The van der Waals surface area contributed by atoms with Gasteiger partial charge in [-0.1, -0.05) is 0 Å². The van der Waals surface area contributed by atoms with Crippen LogP contribution in [0, 0.1) is 10.1 Å². The van der Waals surface area contributed by atoms with Gasteiger partial charge in [0.1, 0.15) is 5.70 Å². The molecule has 1 aromatic rings. The summed E-state index contributed by atoms with van der Waals surface area (Å²) in [6.45, 7) is 1.49. The number of non-ortho nitro benzene ring substituents is 1. The highest BCUT2D eigenvalue weighted by molar-refractivity contribution is 6.00. The van der Waals surface area contributed by atoms with Crippen molar-refractivity contribution in [2.24, 2.45) is 0 Å². The predicted octanol–water partition coefficient (Wildman–Crippen LogP) is 0.570. The predicted molar refractivity (Wildman–Crippen MR) is 79.6 cm³/mol. The normalized spacial score (nSPS) is 10.9. The van der Waals surface area contributed by atoms with Gasteiger partial charge in [-0.2, -0.15) is 0 Å². The SMILES string of the molecule is CC(=O)N/C(=C/c1ccc([N+](=O)[O-])cc1)C(=O)NCCCO. The van der Waals surface area contributed by atoms with Crippen molar-refractivity contribution in [3.05, 3.63) is 45.6 Å². The van der Waals surface area contributed by atoms with E-state index in [4.69, 9.17) is 5.11 Å². The Balaban J connectivity index is 2.91. The fourth-order valence-corrected chi connectivity index (χ4v) is 1.58. The van der Waals surface area contributed by atoms with Crippen molar-refractivity contribution < 1.29 is 19.6 Å². The van der Waals surface area contributed by atoms with E-state index in [0.29, 0.717) is 12.0 Å². The molecule has 0 atom stereocenters. The number of carbonyl (C=O) groups excluding carboxylic acids is 2. The van der Waals surface area contributed by atoms with Gasteiger partial charge in [-0.05, 0) is 30.2 Å². The summed E-state index contributed by atoms with van der Waals surface area (Å²) in [4.78, 5) is 33.2. The Kier molecular flexibility index (Phi) is 6.71. The third-order valence-corrected chi connectivity index (χ3v) is 2.59. The maximum atomic E-state index is 11.9. The minimum Gasteiger partial charge on any atom is -0.396 e. The molecule has 118 valence electrons. The zero-order chi connectivity index (χ0) is 16.5. The number of hydrogen-bond acceptors (Lipinski definition) is 5. The quantitative estimate of drug-likeness (QED) is 0.294. The van der Waals surface area contributed by atoms with Crippen molar-refractivity contribution in [1.29, 1.82) is 0 Å². The Hall–Kier alpha value is -2.74. The highest BCUT2D eigenvalue weighted by Crippen LogP contribution is 2.14. The number of aliphatic hydroxyl groups excluding tert-OH is 1. The number of aliphatic hydroxyl groups is 1. The molecule has 0 radical (unpaired) electrons. The minimum absolute atomic E-state index is 0.0271. The lowest BCUT2D eigenvalue weighted by Crippen LogP contribution is -2.34. The summed E-state index contributed by atoms with van der Waals surface area (Å²) in [5.41, 5.74) is 0.497. The van der Waals surface area contributed by atoms with Crippen molar-refractivity contribution in [2.75, 3.05) is 13.2 Å². The van der Waals surface area contributed by atoms with Crippen molar-refractivity contribution in [3.63, 3.8) is 0 Å². The van der Waals surface area contributed by atoms with Crippen molar-refractivity contribution in [1.82, 2.24) is 10.6 Å². The van der Waals surface area contributed by atoms with Crippen LogP contribution in [0.1, 0.15) is 18.9 Å². The zero-order valence-corrected chi connectivity index (χ0v) is 12.0. The first-order chi connectivity index (χ1) is 10.4. The fourth-order valence-electron chi connectivity index (χ4n) is 1.58. The van der Waals surface area contributed by atoms with E-state index in [1.807, 2.05) is 0 Å². The van der Waals surface area contributed by atoms with E-state index in [0.717, 1.165) is 0 Å². The van der Waals surface area contributed by atoms with Crippen LogP contribution in [0.3, 0.4) is 0 Å². The number of nitrogens with one attached hydrogen (secondary N) is 2. The number of rotatable bonds is 7. The molecular formula is C14H17N3O5. The Morgan fingerprint density at radius 1 is 1.32 bits per heavy atom. The van der Waals surface area contributed by atoms with Crippen LogP contribution in [0.5, 0.6) is 0 Å². The summed E-state index contributed by atoms with van der Waals surface area (Å²) in [5.74, 6) is -0.910. The van der Waals surface area contributed by atoms with Crippen LogP contribution in [-0.2, 0) is 9.59 Å². The highest BCUT2D eigenvalue weighted by atomic mass is 16.6. The van der Waals surface area contributed by atoms with Crippen molar-refractivity contribution >= 4 is 23.6 Å². The molecule has 0 unspecified atom stereocenters. The number of carbonyl (C=O) groups is 2. The van der Waals surface area contributed by atoms with E-state index < -0.39 is 16.7 Å². The lowest BCUT2D eigenvalue weighted by Gasteiger charge is -2.09. The Morgan fingerprint density at radius 3 is 2.45 bits per heavy atom. The topological polar surface area (TPSA) is 122 Å². The third-order valence-electron chi connectivity index (χ3n) is 2.59. The largest absolute Gasteiger partial charge is 0.396 e. The maximum absolute atomic E-state index is 11.9. The van der Waals surface area contributed by atoms with E-state index in [9.17, 15) is 19.7 Å². The van der Waals surface area contributed by atoms with Gasteiger partial charge < -0.3 is 15.7 Å². The molecule has 0 heterocycles. The van der Waals surface area contributed by atoms with E-state index >= 15 is 0 Å². The molecule has 8 nitrogen and oxygen atoms in total. The minimum atomic E-state index is -0.524. The molecule has 0 aromatic heterocycles. The van der Waals surface area contributed by atoms with Crippen LogP contribution in [0.15, 0.2) is 30.0 Å². The van der Waals surface area contributed by atoms with Gasteiger partial charge in [-0.25, -0.2) is 0 Å². The van der Waals surface area contributed by atoms with E-state index in [1.165, 1.54) is 37.3 Å². The molecule has 0 aliphatic heterocycles. The molecule has 1 aromatic carbocycles. The molecule has 3 N–H and O–H groups in total. The second-order valence-corrected chi connectivity index (χ2v) is 4.42. The average Bonchev–Trinajstić information content (AvgIpc) is 2.46. The third kappa shape index (κ3) is 5.71. The Labute approximate surface area is 127 Å². The molecule has 2 amide bonds. The first-order valence-electron chi connectivity index (χ1n) is 6.57. The Bertz CT molecular complexity index is 581. The van der Waals surface area contributed by atoms with Crippen LogP contribution in [0.25, 0.3) is 6.08 Å². The lowest BCUT2D eigenvalue weighted by molar-refractivity contribution is -0.384. The van der Waals surface area contributed by atoms with Crippen LogP contribution in [0.2, 0.25) is 0 Å². The summed E-state index contributed by atoms with van der Waals surface area (Å²) >= 11 is 0. The van der Waals surface area contributed by atoms with Gasteiger partial charge in [0, 0.05) is 32.2 Å². The average molecular weight is 307 g/mol. The zero-order valence-electron chi connectivity index (χ0n) is 12.0. The molecule has 0 bridgehead atoms. The summed E-state index contributed by atoms with van der Waals surface area (Å²) < 4.78 is 0. The van der Waals surface area contributed by atoms with E-state index in [2.05, 4.69) is 10.6 Å². The van der Waals surface area contributed by atoms with Gasteiger partial charge in [-0.3, -0.25) is 19.7 Å². The number of nitro groups is 1. The number of benzene rings is 1. The van der Waals surface area contributed by atoms with Crippen LogP contribution >= 0.6 is 0 Å². The molecule has 1 rings (SSSR count). The van der Waals surface area contributed by atoms with Gasteiger partial charge in [0.25, 0.3) is 11.6 Å². The first-order valence-corrected chi connectivity index (χ1v) is 6.57. The summed E-state index contributed by atoms with van der Waals surface area (Å²) in [6, 6.07) is 5.56. The van der Waals surface area contributed by atoms with Gasteiger partial charge in [0.15, 0.2) is 0 Å². The molecule has 22 heavy (non-hydrogen) atoms. The summed E-state index contributed by atoms with van der Waals surface area (Å²) in [6.07, 6.45) is 1.82. The molecule has 0 fully saturated rings. The monoisotopic (exact) mass is 307 g/mol. The standard InChI is InChI=1S/C14H17N3O5/c1-10(19)16-13(14(20)15-7-2-8-18)9-11-3-5-12(6-4-11)17(21)22/h3-6,9,18H,2,7-8H2,1H3,(H,15,20)(H,16,19)/b13-9+. The van der Waals surface area contributed by atoms with Crippen LogP contribution < -0.4 is 10.6 Å². The first kappa shape index (κ1) is 17.3. The highest BCUT2D eigenvalue weighted by Gasteiger charge is 2.11. The number of nitro benzene ring substituents is 1. The lowest BCUT2D eigenvalue weighted by atomic mass is 10.1. The Morgan fingerprint density at radius 2 is 1.95 bits per heavy atom. The molecule has 0 spiro atoms. The molecule has 0 aliphatic rings. The van der Waals surface area contributed by atoms with Crippen molar-refractivity contribution in [2.45, 2.75) is 13.3 Å².